The van der Waals surface area contributed by atoms with Gasteiger partial charge >= 0.3 is 0 Å². The summed E-state index contributed by atoms with van der Waals surface area (Å²) >= 11 is 5.99. The SMILES string of the molecule is O=C(c1cc2cnc(Cl)nc2n1C1CCCC1)N1CCOCC1. The number of halogens is 1. The van der Waals surface area contributed by atoms with Crippen LogP contribution in [0.2, 0.25) is 5.28 Å². The van der Waals surface area contributed by atoms with Gasteiger partial charge in [-0.15, -0.1) is 0 Å². The van der Waals surface area contributed by atoms with E-state index in [-0.39, 0.29) is 11.2 Å². The third-order valence-corrected chi connectivity index (χ3v) is 4.94. The van der Waals surface area contributed by atoms with Crippen molar-refractivity contribution in [3.05, 3.63) is 23.2 Å². The van der Waals surface area contributed by atoms with Crippen LogP contribution in [0.1, 0.15) is 42.2 Å². The van der Waals surface area contributed by atoms with E-state index >= 15 is 0 Å². The second-order valence-corrected chi connectivity index (χ2v) is 6.50. The molecule has 1 aliphatic heterocycles. The maximum atomic E-state index is 13.0. The zero-order chi connectivity index (χ0) is 15.8. The van der Waals surface area contributed by atoms with E-state index in [0.717, 1.165) is 23.9 Å². The van der Waals surface area contributed by atoms with Crippen molar-refractivity contribution in [2.24, 2.45) is 0 Å². The normalized spacial score (nSPS) is 19.6. The molecule has 2 aromatic heterocycles. The van der Waals surface area contributed by atoms with Gasteiger partial charge in [0.25, 0.3) is 5.91 Å². The monoisotopic (exact) mass is 334 g/mol. The van der Waals surface area contributed by atoms with E-state index in [1.54, 1.807) is 6.20 Å². The number of rotatable bonds is 2. The van der Waals surface area contributed by atoms with Crippen LogP contribution in [0, 0.1) is 0 Å². The summed E-state index contributed by atoms with van der Waals surface area (Å²) in [6, 6.07) is 2.22. The van der Waals surface area contributed by atoms with Crippen LogP contribution in [0.3, 0.4) is 0 Å². The van der Waals surface area contributed by atoms with E-state index < -0.39 is 0 Å². The molecule has 0 bridgehead atoms. The fraction of sp³-hybridized carbons (Fsp3) is 0.562. The molecule has 0 unspecified atom stereocenters. The molecule has 0 atom stereocenters. The first-order valence-electron chi connectivity index (χ1n) is 8.14. The van der Waals surface area contributed by atoms with E-state index in [0.29, 0.717) is 38.0 Å². The lowest BCUT2D eigenvalue weighted by Gasteiger charge is -2.28. The van der Waals surface area contributed by atoms with Crippen LogP contribution in [-0.2, 0) is 4.74 Å². The number of aromatic nitrogens is 3. The molecule has 2 aliphatic rings. The second-order valence-electron chi connectivity index (χ2n) is 6.16. The zero-order valence-corrected chi connectivity index (χ0v) is 13.6. The molecule has 4 rings (SSSR count). The first kappa shape index (κ1) is 14.9. The van der Waals surface area contributed by atoms with Gasteiger partial charge in [0.1, 0.15) is 11.3 Å². The first-order valence-corrected chi connectivity index (χ1v) is 8.52. The Kier molecular flexibility index (Phi) is 3.95. The molecule has 1 aliphatic carbocycles. The minimum absolute atomic E-state index is 0.0503. The van der Waals surface area contributed by atoms with Crippen molar-refractivity contribution >= 4 is 28.5 Å². The van der Waals surface area contributed by atoms with Gasteiger partial charge in [0.15, 0.2) is 0 Å². The number of fused-ring (bicyclic) bond motifs is 1. The van der Waals surface area contributed by atoms with Crippen molar-refractivity contribution in [3.63, 3.8) is 0 Å². The van der Waals surface area contributed by atoms with E-state index in [4.69, 9.17) is 16.3 Å². The molecule has 0 spiro atoms. The smallest absolute Gasteiger partial charge is 0.270 e. The Bertz CT molecular complexity index is 733. The van der Waals surface area contributed by atoms with Crippen molar-refractivity contribution < 1.29 is 9.53 Å². The van der Waals surface area contributed by atoms with Gasteiger partial charge in [0.2, 0.25) is 5.28 Å². The molecular weight excluding hydrogens is 316 g/mol. The van der Waals surface area contributed by atoms with Crippen LogP contribution in [0.15, 0.2) is 12.3 Å². The molecule has 1 amide bonds. The lowest BCUT2D eigenvalue weighted by atomic mass is 10.2. The number of hydrogen-bond acceptors (Lipinski definition) is 4. The molecule has 0 aromatic carbocycles. The quantitative estimate of drug-likeness (QED) is 0.792. The molecule has 7 heteroatoms. The van der Waals surface area contributed by atoms with E-state index in [1.807, 2.05) is 11.0 Å². The highest BCUT2D eigenvalue weighted by molar-refractivity contribution is 6.28. The van der Waals surface area contributed by atoms with Crippen molar-refractivity contribution in [2.75, 3.05) is 26.3 Å². The number of morpholine rings is 1. The summed E-state index contributed by atoms with van der Waals surface area (Å²) in [5.74, 6) is 0.0503. The predicted molar refractivity (Wildman–Crippen MR) is 86.8 cm³/mol. The Morgan fingerprint density at radius 2 is 2.00 bits per heavy atom. The number of carbonyl (C=O) groups is 1. The summed E-state index contributed by atoms with van der Waals surface area (Å²) in [5, 5.41) is 1.10. The number of ether oxygens (including phenoxy) is 1. The molecule has 6 nitrogen and oxygen atoms in total. The number of carbonyl (C=O) groups excluding carboxylic acids is 1. The van der Waals surface area contributed by atoms with Gasteiger partial charge in [0.05, 0.1) is 13.2 Å². The van der Waals surface area contributed by atoms with Crippen LogP contribution < -0.4 is 0 Å². The average Bonchev–Trinajstić information content (AvgIpc) is 3.21. The summed E-state index contributed by atoms with van der Waals surface area (Å²) in [5.41, 5.74) is 1.47. The Labute approximate surface area is 139 Å². The second kappa shape index (κ2) is 6.09. The van der Waals surface area contributed by atoms with E-state index in [1.165, 1.54) is 12.8 Å². The van der Waals surface area contributed by atoms with E-state index in [2.05, 4.69) is 14.5 Å². The molecule has 3 heterocycles. The molecule has 122 valence electrons. The van der Waals surface area contributed by atoms with Gasteiger partial charge in [-0.3, -0.25) is 4.79 Å². The number of nitrogens with zero attached hydrogens (tertiary/aromatic N) is 4. The highest BCUT2D eigenvalue weighted by atomic mass is 35.5. The van der Waals surface area contributed by atoms with E-state index in [9.17, 15) is 4.79 Å². The topological polar surface area (TPSA) is 60.2 Å². The van der Waals surface area contributed by atoms with Crippen LogP contribution in [0.25, 0.3) is 11.0 Å². The maximum absolute atomic E-state index is 13.0. The minimum Gasteiger partial charge on any atom is -0.378 e. The molecule has 23 heavy (non-hydrogen) atoms. The van der Waals surface area contributed by atoms with Gasteiger partial charge in [-0.1, -0.05) is 12.8 Å². The highest BCUT2D eigenvalue weighted by Gasteiger charge is 2.28. The van der Waals surface area contributed by atoms with Crippen molar-refractivity contribution in [1.82, 2.24) is 19.4 Å². The summed E-state index contributed by atoms with van der Waals surface area (Å²) in [4.78, 5) is 23.3. The summed E-state index contributed by atoms with van der Waals surface area (Å²) in [6.45, 7) is 2.47. The van der Waals surface area contributed by atoms with Gasteiger partial charge in [-0.2, -0.15) is 4.98 Å². The highest BCUT2D eigenvalue weighted by Crippen LogP contribution is 2.34. The number of hydrogen-bond donors (Lipinski definition) is 0. The average molecular weight is 335 g/mol. The Balaban J connectivity index is 1.80. The van der Waals surface area contributed by atoms with Crippen LogP contribution in [0.4, 0.5) is 0 Å². The largest absolute Gasteiger partial charge is 0.378 e. The molecule has 2 fully saturated rings. The minimum atomic E-state index is 0.0503. The summed E-state index contributed by atoms with van der Waals surface area (Å²) in [7, 11) is 0. The molecule has 1 saturated carbocycles. The maximum Gasteiger partial charge on any atom is 0.270 e. The number of amides is 1. The molecule has 2 aromatic rings. The Morgan fingerprint density at radius 3 is 2.74 bits per heavy atom. The molecule has 0 N–H and O–H groups in total. The van der Waals surface area contributed by atoms with Gasteiger partial charge in [-0.25, -0.2) is 4.98 Å². The van der Waals surface area contributed by atoms with Gasteiger partial charge in [-0.05, 0) is 30.5 Å². The van der Waals surface area contributed by atoms with Crippen molar-refractivity contribution in [2.45, 2.75) is 31.7 Å². The predicted octanol–water partition coefficient (Wildman–Crippen LogP) is 2.67. The molecular formula is C16H19ClN4O2. The van der Waals surface area contributed by atoms with Gasteiger partial charge < -0.3 is 14.2 Å². The van der Waals surface area contributed by atoms with Gasteiger partial charge in [0, 0.05) is 30.7 Å². The fourth-order valence-corrected chi connectivity index (χ4v) is 3.74. The lowest BCUT2D eigenvalue weighted by Crippen LogP contribution is -2.41. The van der Waals surface area contributed by atoms with Crippen LogP contribution in [0.5, 0.6) is 0 Å². The van der Waals surface area contributed by atoms with Crippen molar-refractivity contribution in [1.29, 1.82) is 0 Å². The first-order chi connectivity index (χ1) is 11.2. The fourth-order valence-electron chi connectivity index (χ4n) is 3.61. The third-order valence-electron chi connectivity index (χ3n) is 4.75. The van der Waals surface area contributed by atoms with Crippen LogP contribution >= 0.6 is 11.6 Å². The third kappa shape index (κ3) is 2.70. The Morgan fingerprint density at radius 1 is 1.26 bits per heavy atom. The zero-order valence-electron chi connectivity index (χ0n) is 12.9. The summed E-state index contributed by atoms with van der Waals surface area (Å²) in [6.07, 6.45) is 6.23. The Hall–Kier alpha value is -1.66. The lowest BCUT2D eigenvalue weighted by molar-refractivity contribution is 0.0295. The standard InChI is InChI=1S/C16H19ClN4O2/c17-16-18-10-11-9-13(15(22)20-5-7-23-8-6-20)21(14(11)19-16)12-3-1-2-4-12/h9-10,12H,1-8H2. The summed E-state index contributed by atoms with van der Waals surface area (Å²) < 4.78 is 7.44. The molecule has 0 radical (unpaired) electrons. The van der Waals surface area contributed by atoms with Crippen LogP contribution in [-0.4, -0.2) is 51.6 Å². The van der Waals surface area contributed by atoms with Crippen molar-refractivity contribution in [3.8, 4) is 0 Å². The molecule has 1 saturated heterocycles.